The zero-order chi connectivity index (χ0) is 15.1. The molecule has 0 bridgehead atoms. The second-order valence-corrected chi connectivity index (χ2v) is 8.21. The fourth-order valence-corrected chi connectivity index (χ4v) is 3.29. The van der Waals surface area contributed by atoms with E-state index in [1.165, 1.54) is 24.3 Å². The summed E-state index contributed by atoms with van der Waals surface area (Å²) < 4.78 is 57.1. The Labute approximate surface area is 116 Å². The Morgan fingerprint density at radius 1 is 1.15 bits per heavy atom. The third kappa shape index (κ3) is 2.98. The number of amides is 1. The molecule has 1 aliphatic rings. The molecule has 1 saturated heterocycles. The summed E-state index contributed by atoms with van der Waals surface area (Å²) in [4.78, 5) is 12.9. The Morgan fingerprint density at radius 2 is 1.70 bits per heavy atom. The number of benzene rings is 1. The molecular weight excluding hydrogens is 309 g/mol. The summed E-state index contributed by atoms with van der Waals surface area (Å²) in [5.41, 5.74) is 0.341. The van der Waals surface area contributed by atoms with E-state index in [0.29, 0.717) is 5.69 Å². The highest BCUT2D eigenvalue weighted by Gasteiger charge is 2.39. The van der Waals surface area contributed by atoms with Gasteiger partial charge < -0.3 is 4.90 Å². The van der Waals surface area contributed by atoms with Gasteiger partial charge >= 0.3 is 10.2 Å². The Morgan fingerprint density at radius 3 is 2.10 bits per heavy atom. The van der Waals surface area contributed by atoms with Crippen LogP contribution in [-0.4, -0.2) is 40.8 Å². The van der Waals surface area contributed by atoms with E-state index in [1.807, 2.05) is 0 Å². The number of sulfone groups is 1. The topological polar surface area (TPSA) is 88.6 Å². The minimum atomic E-state index is -4.77. The lowest BCUT2D eigenvalue weighted by atomic mass is 10.3. The number of hydrogen-bond acceptors (Lipinski definition) is 5. The van der Waals surface area contributed by atoms with Gasteiger partial charge in [-0.1, -0.05) is 0 Å². The first-order chi connectivity index (χ1) is 9.09. The van der Waals surface area contributed by atoms with E-state index in [0.717, 1.165) is 11.2 Å². The fourth-order valence-electron chi connectivity index (χ4n) is 1.99. The lowest BCUT2D eigenvalue weighted by Gasteiger charge is -2.16. The maximum absolute atomic E-state index is 12.9. The van der Waals surface area contributed by atoms with Crippen molar-refractivity contribution in [2.75, 3.05) is 17.7 Å². The van der Waals surface area contributed by atoms with Crippen LogP contribution in [0.3, 0.4) is 0 Å². The van der Waals surface area contributed by atoms with Gasteiger partial charge in [-0.05, 0) is 24.3 Å². The normalized spacial score (nSPS) is 20.4. The van der Waals surface area contributed by atoms with Crippen LogP contribution in [0.4, 0.5) is 9.57 Å². The molecule has 1 aromatic carbocycles. The number of anilines is 1. The van der Waals surface area contributed by atoms with Crippen molar-refractivity contribution in [1.82, 2.24) is 0 Å². The third-order valence-electron chi connectivity index (χ3n) is 3.06. The summed E-state index contributed by atoms with van der Waals surface area (Å²) in [7, 11) is -8.12. The van der Waals surface area contributed by atoms with Crippen LogP contribution in [0.1, 0.15) is 6.42 Å². The quantitative estimate of drug-likeness (QED) is 0.756. The fraction of sp³-hybridized carbons (Fsp3) is 0.364. The molecule has 1 aliphatic heterocycles. The maximum Gasteiger partial charge on any atom is 0.307 e. The third-order valence-corrected chi connectivity index (χ3v) is 5.30. The molecule has 1 amide bonds. The predicted molar refractivity (Wildman–Crippen MR) is 70.3 cm³/mol. The van der Waals surface area contributed by atoms with Crippen LogP contribution in [-0.2, 0) is 24.9 Å². The molecule has 0 aromatic heterocycles. The minimum Gasteiger partial charge on any atom is -0.311 e. The van der Waals surface area contributed by atoms with Gasteiger partial charge in [-0.15, -0.1) is 3.89 Å². The second-order valence-electron chi connectivity index (χ2n) is 4.57. The first-order valence-corrected chi connectivity index (χ1v) is 8.97. The van der Waals surface area contributed by atoms with Crippen LogP contribution in [0.5, 0.6) is 0 Å². The van der Waals surface area contributed by atoms with Crippen LogP contribution in [0.2, 0.25) is 0 Å². The van der Waals surface area contributed by atoms with Gasteiger partial charge in [0.05, 0.1) is 4.90 Å². The van der Waals surface area contributed by atoms with Crippen molar-refractivity contribution in [2.45, 2.75) is 16.6 Å². The lowest BCUT2D eigenvalue weighted by molar-refractivity contribution is -0.117. The Bertz CT molecular complexity index is 740. The summed E-state index contributed by atoms with van der Waals surface area (Å²) in [6.07, 6.45) is 0.640. The number of nitrogens with zero attached hydrogens (tertiary/aromatic N) is 1. The smallest absolute Gasteiger partial charge is 0.307 e. The molecule has 0 radical (unpaired) electrons. The van der Waals surface area contributed by atoms with E-state index >= 15 is 0 Å². The molecule has 9 heteroatoms. The first kappa shape index (κ1) is 14.9. The highest BCUT2D eigenvalue weighted by Crippen LogP contribution is 2.26. The number of hydrogen-bond donors (Lipinski definition) is 0. The highest BCUT2D eigenvalue weighted by molar-refractivity contribution is 7.90. The van der Waals surface area contributed by atoms with E-state index in [-0.39, 0.29) is 11.4 Å². The molecule has 6 nitrogen and oxygen atoms in total. The van der Waals surface area contributed by atoms with Crippen molar-refractivity contribution in [3.63, 3.8) is 0 Å². The molecule has 2 rings (SSSR count). The van der Waals surface area contributed by atoms with E-state index in [2.05, 4.69) is 0 Å². The van der Waals surface area contributed by atoms with Crippen LogP contribution >= 0.6 is 0 Å². The average Bonchev–Trinajstić information content (AvgIpc) is 2.70. The summed E-state index contributed by atoms with van der Waals surface area (Å²) in [5.74, 6) is -0.511. The van der Waals surface area contributed by atoms with Crippen LogP contribution in [0, 0.1) is 0 Å². The number of carbonyl (C=O) groups excluding carboxylic acids is 1. The Kier molecular flexibility index (Phi) is 3.59. The summed E-state index contributed by atoms with van der Waals surface area (Å²) >= 11 is 0. The molecule has 1 fully saturated rings. The molecule has 1 heterocycles. The van der Waals surface area contributed by atoms with E-state index in [1.54, 1.807) is 0 Å². The van der Waals surface area contributed by atoms with Crippen molar-refractivity contribution in [3.05, 3.63) is 24.3 Å². The average molecular weight is 321 g/mol. The van der Waals surface area contributed by atoms with E-state index in [4.69, 9.17) is 0 Å². The number of rotatable bonds is 3. The first-order valence-electron chi connectivity index (χ1n) is 5.63. The zero-order valence-corrected chi connectivity index (χ0v) is 12.1. The van der Waals surface area contributed by atoms with Crippen molar-refractivity contribution >= 4 is 31.7 Å². The van der Waals surface area contributed by atoms with Gasteiger partial charge in [0, 0.05) is 24.9 Å². The molecule has 110 valence electrons. The number of halogens is 1. The van der Waals surface area contributed by atoms with Gasteiger partial charge in [0.1, 0.15) is 5.25 Å². The van der Waals surface area contributed by atoms with E-state index < -0.39 is 37.6 Å². The van der Waals surface area contributed by atoms with Crippen LogP contribution in [0.15, 0.2) is 29.2 Å². The molecule has 1 atom stereocenters. The molecule has 1 unspecified atom stereocenters. The predicted octanol–water partition coefficient (Wildman–Crippen LogP) is 0.495. The molecule has 0 aliphatic carbocycles. The number of carbonyl (C=O) groups is 1. The minimum absolute atomic E-state index is 0.0857. The summed E-state index contributed by atoms with van der Waals surface area (Å²) in [6.45, 7) is -0.268. The summed E-state index contributed by atoms with van der Waals surface area (Å²) in [5, 5.41) is -1.37. The maximum atomic E-state index is 12.9. The van der Waals surface area contributed by atoms with Crippen molar-refractivity contribution in [3.8, 4) is 0 Å². The zero-order valence-electron chi connectivity index (χ0n) is 10.5. The highest BCUT2D eigenvalue weighted by atomic mass is 32.3. The van der Waals surface area contributed by atoms with Gasteiger partial charge in [-0.25, -0.2) is 8.42 Å². The standard InChI is InChI=1S/C11H12FNO5S2/c1-19(15,16)9-4-2-8(3-5-9)13-7-10(6-11(13)14)20(12,17)18/h2-5,10H,6-7H2,1H3. The summed E-state index contributed by atoms with van der Waals surface area (Å²) in [6, 6.07) is 5.41. The van der Waals surface area contributed by atoms with Crippen molar-refractivity contribution in [2.24, 2.45) is 0 Å². The monoisotopic (exact) mass is 321 g/mol. The lowest BCUT2D eigenvalue weighted by Crippen LogP contribution is -2.26. The van der Waals surface area contributed by atoms with Gasteiger partial charge in [-0.3, -0.25) is 4.79 Å². The van der Waals surface area contributed by atoms with Gasteiger partial charge in [0.25, 0.3) is 0 Å². The molecule has 0 spiro atoms. The largest absolute Gasteiger partial charge is 0.311 e. The SMILES string of the molecule is CS(=O)(=O)c1ccc(N2CC(S(=O)(=O)F)CC2=O)cc1. The molecule has 1 aromatic rings. The van der Waals surface area contributed by atoms with Crippen LogP contribution < -0.4 is 4.90 Å². The molecule has 20 heavy (non-hydrogen) atoms. The Hall–Kier alpha value is -1.48. The molecular formula is C11H12FNO5S2. The van der Waals surface area contributed by atoms with Crippen LogP contribution in [0.25, 0.3) is 0 Å². The van der Waals surface area contributed by atoms with Crippen molar-refractivity contribution in [1.29, 1.82) is 0 Å². The van der Waals surface area contributed by atoms with Crippen molar-refractivity contribution < 1.29 is 25.5 Å². The second kappa shape index (κ2) is 4.81. The molecule has 0 N–H and O–H groups in total. The Balaban J connectivity index is 2.27. The van der Waals surface area contributed by atoms with Gasteiger partial charge in [0.15, 0.2) is 9.84 Å². The van der Waals surface area contributed by atoms with E-state index in [9.17, 15) is 25.5 Å². The van der Waals surface area contributed by atoms with Gasteiger partial charge in [-0.2, -0.15) is 8.42 Å². The van der Waals surface area contributed by atoms with Gasteiger partial charge in [0.2, 0.25) is 5.91 Å². The molecule has 0 saturated carbocycles.